The van der Waals surface area contributed by atoms with E-state index in [0.717, 1.165) is 31.4 Å². The van der Waals surface area contributed by atoms with Crippen molar-refractivity contribution in [1.29, 1.82) is 5.26 Å². The Bertz CT molecular complexity index is 755. The lowest BCUT2D eigenvalue weighted by Crippen LogP contribution is -2.45. The molecular weight excluding hydrogens is 318 g/mol. The number of methoxy groups -OCH3 is 1. The number of hydrogen-bond donors (Lipinski definition) is 1. The van der Waals surface area contributed by atoms with Crippen molar-refractivity contribution < 1.29 is 23.1 Å². The topological polar surface area (TPSA) is 79.2 Å². The van der Waals surface area contributed by atoms with Crippen LogP contribution in [0.1, 0.15) is 6.42 Å². The van der Waals surface area contributed by atoms with Crippen LogP contribution in [-0.2, 0) is 14.3 Å². The molecule has 0 aliphatic heterocycles. The Labute approximate surface area is 137 Å². The van der Waals surface area contributed by atoms with Gasteiger partial charge >= 0.3 is 5.67 Å². The predicted octanol–water partition coefficient (Wildman–Crippen LogP) is 2.62. The Morgan fingerprint density at radius 1 is 1.38 bits per heavy atom. The molecule has 2 rings (SSSR count). The number of halogens is 2. The van der Waals surface area contributed by atoms with Gasteiger partial charge < -0.3 is 10.1 Å². The monoisotopic (exact) mass is 332 g/mol. The number of hydrogen-bond acceptors (Lipinski definition) is 4. The van der Waals surface area contributed by atoms with Crippen LogP contribution in [0.5, 0.6) is 0 Å². The summed E-state index contributed by atoms with van der Waals surface area (Å²) in [6, 6.07) is 8.95. The highest BCUT2D eigenvalue weighted by Crippen LogP contribution is 2.29. The van der Waals surface area contributed by atoms with E-state index in [2.05, 4.69) is 10.1 Å². The average molecular weight is 332 g/mol. The van der Waals surface area contributed by atoms with Gasteiger partial charge in [-0.2, -0.15) is 5.26 Å². The summed E-state index contributed by atoms with van der Waals surface area (Å²) in [4.78, 5) is 24.3. The highest BCUT2D eigenvalue weighted by atomic mass is 19.2. The van der Waals surface area contributed by atoms with Crippen molar-refractivity contribution >= 4 is 17.4 Å². The fourth-order valence-electron chi connectivity index (χ4n) is 2.06. The molecule has 0 heterocycles. The summed E-state index contributed by atoms with van der Waals surface area (Å²) in [5.41, 5.74) is -3.45. The Hall–Kier alpha value is -2.85. The van der Waals surface area contributed by atoms with Crippen molar-refractivity contribution in [2.45, 2.75) is 17.9 Å². The third-order valence-corrected chi connectivity index (χ3v) is 3.53. The van der Waals surface area contributed by atoms with E-state index in [0.29, 0.717) is 0 Å². The van der Waals surface area contributed by atoms with Crippen LogP contribution in [0.15, 0.2) is 54.1 Å². The number of carbonyl (C=O) groups excluding carboxylic acids is 2. The number of benzene rings is 1. The van der Waals surface area contributed by atoms with E-state index in [1.807, 2.05) is 0 Å². The number of ether oxygens (including phenoxy) is 1. The summed E-state index contributed by atoms with van der Waals surface area (Å²) in [7, 11) is 1.15. The maximum atomic E-state index is 14.7. The average Bonchev–Trinajstić information content (AvgIpc) is 2.62. The number of para-hydroxylation sites is 1. The molecule has 0 spiro atoms. The standard InChI is InChI=1S/C17H14F2N2O3/c1-24-16(18)9-7-12(8-10-16)14(22)17(19,11-20)15(23)21-13-5-3-2-4-6-13/h2-9H,10H2,1H3,(H,21,23). The molecule has 0 radical (unpaired) electrons. The van der Waals surface area contributed by atoms with Crippen molar-refractivity contribution in [3.8, 4) is 6.07 Å². The second kappa shape index (κ2) is 6.72. The predicted molar refractivity (Wildman–Crippen MR) is 82.2 cm³/mol. The molecule has 0 fully saturated rings. The molecule has 124 valence electrons. The lowest BCUT2D eigenvalue weighted by Gasteiger charge is -2.23. The number of ketones is 1. The SMILES string of the molecule is COC1(F)C=CC(C(=O)C(F)(C#N)C(=O)Nc2ccccc2)=CC1. The molecule has 24 heavy (non-hydrogen) atoms. The Balaban J connectivity index is 2.21. The van der Waals surface area contributed by atoms with Crippen molar-refractivity contribution in [3.05, 3.63) is 54.1 Å². The van der Waals surface area contributed by atoms with E-state index in [-0.39, 0.29) is 17.7 Å². The van der Waals surface area contributed by atoms with Gasteiger partial charge in [0.2, 0.25) is 11.6 Å². The molecule has 1 aliphatic carbocycles. The molecule has 0 saturated heterocycles. The van der Waals surface area contributed by atoms with E-state index in [1.165, 1.54) is 12.1 Å². The zero-order valence-corrected chi connectivity index (χ0v) is 12.8. The first kappa shape index (κ1) is 17.5. The zero-order valence-electron chi connectivity index (χ0n) is 12.8. The summed E-state index contributed by atoms with van der Waals surface area (Å²) in [5, 5.41) is 11.2. The summed E-state index contributed by atoms with van der Waals surface area (Å²) < 4.78 is 33.2. The number of alkyl halides is 2. The lowest BCUT2D eigenvalue weighted by atomic mass is 9.90. The molecule has 1 aliphatic rings. The maximum Gasteiger partial charge on any atom is 0.334 e. The molecule has 2 atom stereocenters. The van der Waals surface area contributed by atoms with E-state index >= 15 is 0 Å². The molecule has 1 N–H and O–H groups in total. The van der Waals surface area contributed by atoms with Gasteiger partial charge in [0.25, 0.3) is 5.91 Å². The highest BCUT2D eigenvalue weighted by Gasteiger charge is 2.48. The van der Waals surface area contributed by atoms with Crippen LogP contribution >= 0.6 is 0 Å². The normalized spacial score (nSPS) is 22.0. The van der Waals surface area contributed by atoms with Gasteiger partial charge in [-0.25, -0.2) is 8.78 Å². The fraction of sp³-hybridized carbons (Fsp3) is 0.235. The number of carbonyl (C=O) groups is 2. The van der Waals surface area contributed by atoms with Gasteiger partial charge in [-0.1, -0.05) is 24.3 Å². The third-order valence-electron chi connectivity index (χ3n) is 3.53. The molecule has 1 aromatic rings. The summed E-state index contributed by atoms with van der Waals surface area (Å²) in [6.45, 7) is 0. The first-order valence-electron chi connectivity index (χ1n) is 6.99. The van der Waals surface area contributed by atoms with Crippen LogP contribution in [0.3, 0.4) is 0 Å². The molecular formula is C17H14F2N2O3. The van der Waals surface area contributed by atoms with Gasteiger partial charge in [0.1, 0.15) is 6.07 Å². The van der Waals surface area contributed by atoms with E-state index < -0.39 is 23.2 Å². The Morgan fingerprint density at radius 2 is 2.04 bits per heavy atom. The fourth-order valence-corrected chi connectivity index (χ4v) is 2.06. The number of nitrogens with zero attached hydrogens (tertiary/aromatic N) is 1. The van der Waals surface area contributed by atoms with Crippen LogP contribution in [-0.4, -0.2) is 30.3 Å². The first-order chi connectivity index (χ1) is 11.3. The van der Waals surface area contributed by atoms with Crippen LogP contribution in [0.4, 0.5) is 14.5 Å². The molecule has 5 nitrogen and oxygen atoms in total. The molecule has 1 amide bonds. The second-order valence-electron chi connectivity index (χ2n) is 5.11. The number of nitrogens with one attached hydrogen (secondary N) is 1. The number of allylic oxidation sites excluding steroid dienone is 2. The molecule has 0 bridgehead atoms. The van der Waals surface area contributed by atoms with Gasteiger partial charge in [-0.3, -0.25) is 9.59 Å². The largest absolute Gasteiger partial charge is 0.346 e. The molecule has 0 aromatic heterocycles. The van der Waals surface area contributed by atoms with E-state index in [4.69, 9.17) is 5.26 Å². The van der Waals surface area contributed by atoms with Crippen molar-refractivity contribution in [2.75, 3.05) is 12.4 Å². The van der Waals surface area contributed by atoms with Crippen LogP contribution in [0, 0.1) is 11.3 Å². The number of amides is 1. The number of anilines is 1. The highest BCUT2D eigenvalue weighted by molar-refractivity contribution is 6.23. The van der Waals surface area contributed by atoms with Gasteiger partial charge in [-0.15, -0.1) is 0 Å². The molecule has 2 unspecified atom stereocenters. The quantitative estimate of drug-likeness (QED) is 0.841. The minimum Gasteiger partial charge on any atom is -0.346 e. The minimum absolute atomic E-state index is 0.239. The number of nitriles is 1. The number of rotatable bonds is 5. The van der Waals surface area contributed by atoms with Crippen LogP contribution in [0.2, 0.25) is 0 Å². The summed E-state index contributed by atoms with van der Waals surface area (Å²) in [5.74, 6) is -4.85. The molecule has 0 saturated carbocycles. The van der Waals surface area contributed by atoms with Crippen LogP contribution < -0.4 is 5.32 Å². The smallest absolute Gasteiger partial charge is 0.334 e. The zero-order chi connectivity index (χ0) is 17.8. The Kier molecular flexibility index (Phi) is 4.90. The van der Waals surface area contributed by atoms with Gasteiger partial charge in [0.15, 0.2) is 0 Å². The van der Waals surface area contributed by atoms with E-state index in [9.17, 15) is 18.4 Å². The summed E-state index contributed by atoms with van der Waals surface area (Å²) in [6.07, 6.45) is 2.69. The second-order valence-corrected chi connectivity index (χ2v) is 5.11. The van der Waals surface area contributed by atoms with Crippen molar-refractivity contribution in [2.24, 2.45) is 0 Å². The lowest BCUT2D eigenvalue weighted by molar-refractivity contribution is -0.134. The molecule has 1 aromatic carbocycles. The van der Waals surface area contributed by atoms with Gasteiger partial charge in [0, 0.05) is 24.8 Å². The minimum atomic E-state index is -3.42. The molecule has 7 heteroatoms. The number of Topliss-reactive ketones (excluding diaryl/α,β-unsaturated/α-hetero) is 1. The van der Waals surface area contributed by atoms with Crippen LogP contribution in [0.25, 0.3) is 0 Å². The Morgan fingerprint density at radius 3 is 2.54 bits per heavy atom. The third kappa shape index (κ3) is 3.39. The van der Waals surface area contributed by atoms with E-state index in [1.54, 1.807) is 18.2 Å². The summed E-state index contributed by atoms with van der Waals surface area (Å²) >= 11 is 0. The van der Waals surface area contributed by atoms with Crippen molar-refractivity contribution in [3.63, 3.8) is 0 Å². The van der Waals surface area contributed by atoms with Gasteiger partial charge in [0.05, 0.1) is 0 Å². The first-order valence-corrected chi connectivity index (χ1v) is 6.99. The maximum absolute atomic E-state index is 14.7. The van der Waals surface area contributed by atoms with Gasteiger partial charge in [-0.05, 0) is 24.3 Å². The van der Waals surface area contributed by atoms with Crippen molar-refractivity contribution in [1.82, 2.24) is 0 Å².